The second-order valence-corrected chi connectivity index (χ2v) is 7.32. The minimum atomic E-state index is -0.0415. The molecule has 154 valence electrons. The highest BCUT2D eigenvalue weighted by atomic mass is 16.5. The van der Waals surface area contributed by atoms with Gasteiger partial charge in [0, 0.05) is 32.4 Å². The van der Waals surface area contributed by atoms with Crippen molar-refractivity contribution in [2.24, 2.45) is 0 Å². The first-order valence-corrected chi connectivity index (χ1v) is 10.3. The smallest absolute Gasteiger partial charge is 0.257 e. The number of likely N-dealkylation sites (tertiary alicyclic amines) is 1. The molecule has 2 aliphatic rings. The molecule has 0 bridgehead atoms. The fraction of sp³-hybridized carbons (Fsp3) is 0.700. The van der Waals surface area contributed by atoms with Gasteiger partial charge in [0.05, 0.1) is 37.1 Å². The van der Waals surface area contributed by atoms with Crippen molar-refractivity contribution in [3.8, 4) is 0 Å². The molecule has 8 heteroatoms. The molecule has 2 amide bonds. The Morgan fingerprint density at radius 3 is 2.61 bits per heavy atom. The van der Waals surface area contributed by atoms with Gasteiger partial charge in [-0.05, 0) is 40.2 Å². The molecule has 0 N–H and O–H groups in total. The Labute approximate surface area is 166 Å². The lowest BCUT2D eigenvalue weighted by Gasteiger charge is -2.30. The Hall–Kier alpha value is -2.06. The number of amides is 2. The molecule has 0 spiro atoms. The molecule has 3 heterocycles. The lowest BCUT2D eigenvalue weighted by molar-refractivity contribution is -0.132. The van der Waals surface area contributed by atoms with Gasteiger partial charge in [0.15, 0.2) is 0 Å². The third kappa shape index (κ3) is 4.50. The first kappa shape index (κ1) is 20.7. The summed E-state index contributed by atoms with van der Waals surface area (Å²) in [6.07, 6.45) is 3.54. The van der Waals surface area contributed by atoms with E-state index in [9.17, 15) is 9.59 Å². The number of nitrogens with zero attached hydrogens (tertiary/aromatic N) is 5. The number of hydrogen-bond acceptors (Lipinski definition) is 6. The van der Waals surface area contributed by atoms with Gasteiger partial charge in [-0.15, -0.1) is 0 Å². The second kappa shape index (κ2) is 9.43. The molecule has 0 radical (unpaired) electrons. The molecule has 8 nitrogen and oxygen atoms in total. The number of carbonyl (C=O) groups excluding carboxylic acids is 2. The highest BCUT2D eigenvalue weighted by molar-refractivity contribution is 5.95. The average molecular weight is 390 g/mol. The van der Waals surface area contributed by atoms with Crippen molar-refractivity contribution in [3.05, 3.63) is 23.3 Å². The van der Waals surface area contributed by atoms with Gasteiger partial charge in [-0.25, -0.2) is 9.97 Å². The quantitative estimate of drug-likeness (QED) is 0.729. The first-order valence-electron chi connectivity index (χ1n) is 10.3. The van der Waals surface area contributed by atoms with E-state index >= 15 is 0 Å². The van der Waals surface area contributed by atoms with E-state index in [-0.39, 0.29) is 17.9 Å². The number of morpholine rings is 1. The third-order valence-corrected chi connectivity index (χ3v) is 5.60. The van der Waals surface area contributed by atoms with Crippen LogP contribution in [0.1, 0.15) is 54.6 Å². The summed E-state index contributed by atoms with van der Waals surface area (Å²) in [5.74, 6) is 0.736. The lowest BCUT2D eigenvalue weighted by atomic mass is 10.0. The molecule has 2 saturated heterocycles. The van der Waals surface area contributed by atoms with E-state index in [0.717, 1.165) is 25.1 Å². The minimum Gasteiger partial charge on any atom is -0.378 e. The van der Waals surface area contributed by atoms with Crippen LogP contribution in [0.5, 0.6) is 0 Å². The Bertz CT molecular complexity index is 701. The summed E-state index contributed by atoms with van der Waals surface area (Å²) in [4.78, 5) is 40.5. The fourth-order valence-corrected chi connectivity index (χ4v) is 4.02. The van der Waals surface area contributed by atoms with E-state index in [2.05, 4.69) is 14.9 Å². The van der Waals surface area contributed by atoms with Gasteiger partial charge >= 0.3 is 0 Å². The standard InChI is InChI=1S/C20H31N5O3/c1-4-23(5-2)18(26)14-25-8-6-7-17(25)19-16(13-21-15(3)22-19)20(27)24-9-11-28-12-10-24/h13,17H,4-12,14H2,1-3H3. The number of aromatic nitrogens is 2. The normalized spacial score (nSPS) is 20.4. The number of likely N-dealkylation sites (N-methyl/N-ethyl adjacent to an activating group) is 1. The van der Waals surface area contributed by atoms with Crippen molar-refractivity contribution in [2.45, 2.75) is 39.7 Å². The largest absolute Gasteiger partial charge is 0.378 e. The Morgan fingerprint density at radius 1 is 1.21 bits per heavy atom. The Balaban J connectivity index is 1.83. The van der Waals surface area contributed by atoms with Gasteiger partial charge < -0.3 is 14.5 Å². The molecule has 0 aliphatic carbocycles. The summed E-state index contributed by atoms with van der Waals surface area (Å²) in [6, 6.07) is -0.0267. The molecule has 0 saturated carbocycles. The van der Waals surface area contributed by atoms with E-state index in [4.69, 9.17) is 4.74 Å². The van der Waals surface area contributed by atoms with Crippen molar-refractivity contribution in [3.63, 3.8) is 0 Å². The Morgan fingerprint density at radius 2 is 1.93 bits per heavy atom. The molecular formula is C20H31N5O3. The van der Waals surface area contributed by atoms with E-state index < -0.39 is 0 Å². The minimum absolute atomic E-state index is 0.0267. The van der Waals surface area contributed by atoms with Gasteiger partial charge in [-0.2, -0.15) is 0 Å². The third-order valence-electron chi connectivity index (χ3n) is 5.60. The summed E-state index contributed by atoms with van der Waals surface area (Å²) in [6.45, 7) is 10.7. The molecule has 1 unspecified atom stereocenters. The van der Waals surface area contributed by atoms with Crippen LogP contribution < -0.4 is 0 Å². The van der Waals surface area contributed by atoms with E-state index in [1.54, 1.807) is 11.1 Å². The zero-order valence-electron chi connectivity index (χ0n) is 17.2. The van der Waals surface area contributed by atoms with Gasteiger partial charge in [-0.1, -0.05) is 0 Å². The maximum Gasteiger partial charge on any atom is 0.257 e. The van der Waals surface area contributed by atoms with Crippen LogP contribution in [0.4, 0.5) is 0 Å². The number of carbonyl (C=O) groups is 2. The topological polar surface area (TPSA) is 78.9 Å². The predicted molar refractivity (Wildman–Crippen MR) is 105 cm³/mol. The number of hydrogen-bond donors (Lipinski definition) is 0. The van der Waals surface area contributed by atoms with Crippen LogP contribution in [-0.2, 0) is 9.53 Å². The molecule has 1 aromatic rings. The second-order valence-electron chi connectivity index (χ2n) is 7.32. The SMILES string of the molecule is CCN(CC)C(=O)CN1CCCC1c1nc(C)ncc1C(=O)N1CCOCC1. The van der Waals surface area contributed by atoms with Gasteiger partial charge in [0.1, 0.15) is 5.82 Å². The molecule has 2 aliphatic heterocycles. The first-order chi connectivity index (χ1) is 13.5. The molecule has 1 aromatic heterocycles. The van der Waals surface area contributed by atoms with Crippen molar-refractivity contribution in [2.75, 3.05) is 52.5 Å². The van der Waals surface area contributed by atoms with Crippen LogP contribution in [-0.4, -0.2) is 89.0 Å². The molecule has 0 aromatic carbocycles. The van der Waals surface area contributed by atoms with Gasteiger partial charge in [-0.3, -0.25) is 14.5 Å². The molecule has 28 heavy (non-hydrogen) atoms. The molecule has 2 fully saturated rings. The van der Waals surface area contributed by atoms with Crippen LogP contribution in [0.25, 0.3) is 0 Å². The maximum absolute atomic E-state index is 13.1. The number of rotatable bonds is 6. The van der Waals surface area contributed by atoms with Gasteiger partial charge in [0.25, 0.3) is 5.91 Å². The highest BCUT2D eigenvalue weighted by Crippen LogP contribution is 2.33. The monoisotopic (exact) mass is 389 g/mol. The van der Waals surface area contributed by atoms with Crippen LogP contribution in [0.15, 0.2) is 6.20 Å². The van der Waals surface area contributed by atoms with Crippen LogP contribution >= 0.6 is 0 Å². The van der Waals surface area contributed by atoms with Crippen molar-refractivity contribution < 1.29 is 14.3 Å². The lowest BCUT2D eigenvalue weighted by Crippen LogP contribution is -2.42. The van der Waals surface area contributed by atoms with Crippen molar-refractivity contribution >= 4 is 11.8 Å². The summed E-state index contributed by atoms with van der Waals surface area (Å²) in [7, 11) is 0. The molecule has 1 atom stereocenters. The average Bonchev–Trinajstić information content (AvgIpc) is 3.17. The van der Waals surface area contributed by atoms with E-state index in [1.165, 1.54) is 0 Å². The van der Waals surface area contributed by atoms with E-state index in [1.807, 2.05) is 25.7 Å². The zero-order chi connectivity index (χ0) is 20.1. The summed E-state index contributed by atoms with van der Waals surface area (Å²) in [5.41, 5.74) is 1.31. The van der Waals surface area contributed by atoms with Crippen molar-refractivity contribution in [1.82, 2.24) is 24.7 Å². The van der Waals surface area contributed by atoms with Crippen LogP contribution in [0.3, 0.4) is 0 Å². The molecular weight excluding hydrogens is 358 g/mol. The summed E-state index contributed by atoms with van der Waals surface area (Å²) >= 11 is 0. The zero-order valence-corrected chi connectivity index (χ0v) is 17.2. The fourth-order valence-electron chi connectivity index (χ4n) is 4.02. The summed E-state index contributed by atoms with van der Waals surface area (Å²) < 4.78 is 5.36. The van der Waals surface area contributed by atoms with Gasteiger partial charge in [0.2, 0.25) is 5.91 Å². The van der Waals surface area contributed by atoms with E-state index in [0.29, 0.717) is 57.3 Å². The van der Waals surface area contributed by atoms with Crippen LogP contribution in [0, 0.1) is 6.92 Å². The summed E-state index contributed by atoms with van der Waals surface area (Å²) in [5, 5.41) is 0. The number of ether oxygens (including phenoxy) is 1. The molecule has 3 rings (SSSR count). The maximum atomic E-state index is 13.1. The Kier molecular flexibility index (Phi) is 6.96. The van der Waals surface area contributed by atoms with Crippen LogP contribution in [0.2, 0.25) is 0 Å². The number of aryl methyl sites for hydroxylation is 1. The van der Waals surface area contributed by atoms with Crippen molar-refractivity contribution in [1.29, 1.82) is 0 Å². The highest BCUT2D eigenvalue weighted by Gasteiger charge is 2.34. The predicted octanol–water partition coefficient (Wildman–Crippen LogP) is 1.26.